The Morgan fingerprint density at radius 2 is 1.07 bits per heavy atom. The highest BCUT2D eigenvalue weighted by molar-refractivity contribution is 5.95. The van der Waals surface area contributed by atoms with Crippen molar-refractivity contribution in [2.75, 3.05) is 19.6 Å². The summed E-state index contributed by atoms with van der Waals surface area (Å²) >= 11 is 0. The molecule has 4 aromatic rings. The molecular formula is C37H40N4O2. The molecule has 0 fully saturated rings. The van der Waals surface area contributed by atoms with E-state index in [1.165, 1.54) is 33.4 Å². The first kappa shape index (κ1) is 28.8. The average molecular weight is 573 g/mol. The summed E-state index contributed by atoms with van der Waals surface area (Å²) in [6.45, 7) is 8.00. The molecule has 0 unspecified atom stereocenters. The normalized spacial score (nSPS) is 15.7. The first-order valence-corrected chi connectivity index (χ1v) is 15.4. The number of hydrogen-bond donors (Lipinski definition) is 2. The fourth-order valence-electron chi connectivity index (χ4n) is 6.12. The second-order valence-corrected chi connectivity index (χ2v) is 11.9. The van der Waals surface area contributed by atoms with Crippen molar-refractivity contribution in [1.82, 2.24) is 20.4 Å². The highest BCUT2D eigenvalue weighted by Gasteiger charge is 2.18. The van der Waals surface area contributed by atoms with Crippen LogP contribution in [-0.4, -0.2) is 47.3 Å². The topological polar surface area (TPSA) is 64.7 Å². The first-order valence-electron chi connectivity index (χ1n) is 15.4. The summed E-state index contributed by atoms with van der Waals surface area (Å²) in [6.07, 6.45) is 2.15. The highest BCUT2D eigenvalue weighted by atomic mass is 16.2. The van der Waals surface area contributed by atoms with Crippen LogP contribution < -0.4 is 10.6 Å². The molecule has 1 atom stereocenters. The molecule has 6 rings (SSSR count). The van der Waals surface area contributed by atoms with Crippen molar-refractivity contribution in [1.29, 1.82) is 0 Å². The lowest BCUT2D eigenvalue weighted by Crippen LogP contribution is -2.41. The molecule has 4 aromatic carbocycles. The predicted molar refractivity (Wildman–Crippen MR) is 171 cm³/mol. The Balaban J connectivity index is 0.932. The Hall–Kier alpha value is -4.26. The van der Waals surface area contributed by atoms with Crippen molar-refractivity contribution in [3.05, 3.63) is 142 Å². The molecule has 2 aliphatic heterocycles. The summed E-state index contributed by atoms with van der Waals surface area (Å²) in [5, 5.41) is 5.97. The van der Waals surface area contributed by atoms with E-state index in [-0.39, 0.29) is 17.9 Å². The molecule has 0 bridgehead atoms. The van der Waals surface area contributed by atoms with Gasteiger partial charge in [-0.1, -0.05) is 72.8 Å². The van der Waals surface area contributed by atoms with Crippen molar-refractivity contribution in [2.24, 2.45) is 0 Å². The molecule has 6 nitrogen and oxygen atoms in total. The van der Waals surface area contributed by atoms with Gasteiger partial charge in [0.15, 0.2) is 0 Å². The van der Waals surface area contributed by atoms with Crippen LogP contribution in [0.15, 0.2) is 97.1 Å². The zero-order valence-corrected chi connectivity index (χ0v) is 24.9. The van der Waals surface area contributed by atoms with Crippen LogP contribution in [0.3, 0.4) is 0 Å². The highest BCUT2D eigenvalue weighted by Crippen LogP contribution is 2.22. The smallest absolute Gasteiger partial charge is 0.251 e. The van der Waals surface area contributed by atoms with Crippen molar-refractivity contribution in [2.45, 2.75) is 52.0 Å². The largest absolute Gasteiger partial charge is 0.350 e. The van der Waals surface area contributed by atoms with E-state index in [0.29, 0.717) is 17.7 Å². The van der Waals surface area contributed by atoms with Gasteiger partial charge in [-0.3, -0.25) is 19.4 Å². The van der Waals surface area contributed by atoms with E-state index < -0.39 is 0 Å². The van der Waals surface area contributed by atoms with Gasteiger partial charge in [0, 0.05) is 63.0 Å². The Morgan fingerprint density at radius 1 is 0.628 bits per heavy atom. The van der Waals surface area contributed by atoms with Gasteiger partial charge in [0.25, 0.3) is 11.8 Å². The number of amides is 2. The molecule has 0 aromatic heterocycles. The Labute approximate surface area is 254 Å². The van der Waals surface area contributed by atoms with Crippen molar-refractivity contribution in [3.63, 3.8) is 0 Å². The lowest BCUT2D eigenvalue weighted by Gasteiger charge is -2.28. The van der Waals surface area contributed by atoms with E-state index in [2.05, 4.69) is 69.0 Å². The van der Waals surface area contributed by atoms with Gasteiger partial charge in [-0.25, -0.2) is 0 Å². The molecule has 43 heavy (non-hydrogen) atoms. The summed E-state index contributed by atoms with van der Waals surface area (Å²) in [5.41, 5.74) is 9.35. The lowest BCUT2D eigenvalue weighted by atomic mass is 9.99. The summed E-state index contributed by atoms with van der Waals surface area (Å²) in [6, 6.07) is 32.8. The van der Waals surface area contributed by atoms with Crippen molar-refractivity contribution in [3.8, 4) is 0 Å². The second-order valence-electron chi connectivity index (χ2n) is 11.9. The fraction of sp³-hybridized carbons (Fsp3) is 0.297. The van der Waals surface area contributed by atoms with Crippen LogP contribution in [0.1, 0.15) is 61.0 Å². The van der Waals surface area contributed by atoms with Crippen LogP contribution in [-0.2, 0) is 39.0 Å². The third kappa shape index (κ3) is 7.39. The number of hydrogen-bond acceptors (Lipinski definition) is 4. The van der Waals surface area contributed by atoms with Gasteiger partial charge in [-0.15, -0.1) is 0 Å². The van der Waals surface area contributed by atoms with Crippen LogP contribution in [0.25, 0.3) is 0 Å². The van der Waals surface area contributed by atoms with Gasteiger partial charge < -0.3 is 10.6 Å². The Bertz CT molecular complexity index is 1560. The average Bonchev–Trinajstić information content (AvgIpc) is 3.04. The van der Waals surface area contributed by atoms with Crippen LogP contribution in [0, 0.1) is 0 Å². The maximum absolute atomic E-state index is 12.8. The molecule has 2 heterocycles. The molecule has 6 heteroatoms. The Morgan fingerprint density at radius 3 is 1.56 bits per heavy atom. The zero-order chi connectivity index (χ0) is 29.6. The minimum absolute atomic E-state index is 0.134. The number of rotatable bonds is 9. The maximum atomic E-state index is 12.8. The molecule has 0 radical (unpaired) electrons. The quantitative estimate of drug-likeness (QED) is 0.284. The van der Waals surface area contributed by atoms with Crippen molar-refractivity contribution >= 4 is 11.8 Å². The number of benzene rings is 4. The molecule has 2 N–H and O–H groups in total. The summed E-state index contributed by atoms with van der Waals surface area (Å²) in [4.78, 5) is 30.5. The lowest BCUT2D eigenvalue weighted by molar-refractivity contribution is 0.0912. The van der Waals surface area contributed by atoms with Crippen LogP contribution in [0.4, 0.5) is 0 Å². The fourth-order valence-corrected chi connectivity index (χ4v) is 6.12. The molecular weight excluding hydrogens is 532 g/mol. The first-order chi connectivity index (χ1) is 21.0. The zero-order valence-electron chi connectivity index (χ0n) is 24.9. The molecule has 0 saturated carbocycles. The van der Waals surface area contributed by atoms with Gasteiger partial charge >= 0.3 is 0 Å². The molecule has 220 valence electrons. The van der Waals surface area contributed by atoms with Gasteiger partial charge in [-0.05, 0) is 77.4 Å². The number of carbonyl (C=O) groups is 2. The molecule has 2 amide bonds. The standard InChI is InChI=1S/C37H40N4O2/c1-27(39-37(43)33-16-12-29(13-17-33)24-41-21-19-31-7-3-5-9-35(31)26-41)22-38-36(42)32-14-10-28(11-15-32)23-40-20-18-30-6-2-4-8-34(30)25-40/h2-17,27H,18-26H2,1H3,(H,38,42)(H,39,43)/t27-/m0/s1. The van der Waals surface area contributed by atoms with E-state index >= 15 is 0 Å². The maximum Gasteiger partial charge on any atom is 0.251 e. The molecule has 2 aliphatic rings. The summed E-state index contributed by atoms with van der Waals surface area (Å²) in [7, 11) is 0. The van der Waals surface area contributed by atoms with Crippen LogP contribution in [0.2, 0.25) is 0 Å². The van der Waals surface area contributed by atoms with E-state index in [1.807, 2.05) is 55.5 Å². The molecule has 0 saturated heterocycles. The van der Waals surface area contributed by atoms with Crippen LogP contribution in [0.5, 0.6) is 0 Å². The third-order valence-corrected chi connectivity index (χ3v) is 8.61. The minimum atomic E-state index is -0.203. The number of nitrogens with one attached hydrogen (secondary N) is 2. The minimum Gasteiger partial charge on any atom is -0.350 e. The monoisotopic (exact) mass is 572 g/mol. The molecule has 0 aliphatic carbocycles. The third-order valence-electron chi connectivity index (χ3n) is 8.61. The SMILES string of the molecule is C[C@@H](CNC(=O)c1ccc(CN2CCc3ccccc3C2)cc1)NC(=O)c1ccc(CN2CCc3ccccc3C2)cc1. The molecule has 0 spiro atoms. The van der Waals surface area contributed by atoms with Gasteiger partial charge in [0.05, 0.1) is 0 Å². The van der Waals surface area contributed by atoms with E-state index in [0.717, 1.165) is 52.1 Å². The van der Waals surface area contributed by atoms with Crippen molar-refractivity contribution < 1.29 is 9.59 Å². The van der Waals surface area contributed by atoms with Gasteiger partial charge in [-0.2, -0.15) is 0 Å². The van der Waals surface area contributed by atoms with E-state index in [1.54, 1.807) is 0 Å². The predicted octanol–water partition coefficient (Wildman–Crippen LogP) is 5.35. The second kappa shape index (κ2) is 13.4. The van der Waals surface area contributed by atoms with E-state index in [4.69, 9.17) is 0 Å². The number of carbonyl (C=O) groups excluding carboxylic acids is 2. The summed E-state index contributed by atoms with van der Waals surface area (Å²) < 4.78 is 0. The van der Waals surface area contributed by atoms with E-state index in [9.17, 15) is 9.59 Å². The summed E-state index contributed by atoms with van der Waals surface area (Å²) in [5.74, 6) is -0.269. The van der Waals surface area contributed by atoms with Gasteiger partial charge in [0.2, 0.25) is 0 Å². The Kier molecular flexibility index (Phi) is 8.96. The number of nitrogens with zero attached hydrogens (tertiary/aromatic N) is 2. The van der Waals surface area contributed by atoms with Gasteiger partial charge in [0.1, 0.15) is 0 Å². The van der Waals surface area contributed by atoms with Crippen LogP contribution >= 0.6 is 0 Å². The number of fused-ring (bicyclic) bond motifs is 2.